The zero-order valence-electron chi connectivity index (χ0n) is 18.1. The van der Waals surface area contributed by atoms with Gasteiger partial charge in [0.15, 0.2) is 0 Å². The van der Waals surface area contributed by atoms with Crippen molar-refractivity contribution in [3.05, 3.63) is 81.5 Å². The van der Waals surface area contributed by atoms with Gasteiger partial charge in [-0.05, 0) is 55.9 Å². The number of pyridine rings is 1. The van der Waals surface area contributed by atoms with Gasteiger partial charge in [0.05, 0.1) is 6.42 Å². The Morgan fingerprint density at radius 3 is 2.71 bits per heavy atom. The van der Waals surface area contributed by atoms with Crippen LogP contribution in [0.25, 0.3) is 11.4 Å². The number of carbonyl (C=O) groups is 1. The second kappa shape index (κ2) is 9.25. The van der Waals surface area contributed by atoms with Gasteiger partial charge in [-0.25, -0.2) is 4.98 Å². The largest absolute Gasteiger partial charge is 0.339 e. The summed E-state index contributed by atoms with van der Waals surface area (Å²) < 4.78 is 0. The number of aromatic amines is 1. The molecule has 6 nitrogen and oxygen atoms in total. The first kappa shape index (κ1) is 21.0. The summed E-state index contributed by atoms with van der Waals surface area (Å²) in [6.45, 7) is 4.57. The van der Waals surface area contributed by atoms with Gasteiger partial charge < -0.3 is 9.88 Å². The summed E-state index contributed by atoms with van der Waals surface area (Å²) in [6.07, 6.45) is 7.10. The molecule has 0 saturated heterocycles. The Hall–Kier alpha value is -3.28. The number of aromatic nitrogens is 3. The Kier molecular flexibility index (Phi) is 6.26. The number of rotatable bonds is 6. The fourth-order valence-electron chi connectivity index (χ4n) is 4.41. The lowest BCUT2D eigenvalue weighted by Gasteiger charge is -2.35. The Labute approximate surface area is 182 Å². The minimum absolute atomic E-state index is 0.00393. The van der Waals surface area contributed by atoms with Gasteiger partial charge >= 0.3 is 0 Å². The topological polar surface area (TPSA) is 79.0 Å². The smallest absolute Gasteiger partial charge is 0.255 e. The molecule has 0 spiro atoms. The van der Waals surface area contributed by atoms with E-state index in [-0.39, 0.29) is 23.9 Å². The van der Waals surface area contributed by atoms with Crippen LogP contribution >= 0.6 is 0 Å². The van der Waals surface area contributed by atoms with Crippen LogP contribution in [-0.2, 0) is 24.1 Å². The molecule has 0 saturated carbocycles. The van der Waals surface area contributed by atoms with Crippen molar-refractivity contribution in [2.75, 3.05) is 6.54 Å². The Balaban J connectivity index is 1.55. The molecule has 6 heteroatoms. The monoisotopic (exact) mass is 416 g/mol. The van der Waals surface area contributed by atoms with Crippen LogP contribution < -0.4 is 5.56 Å². The van der Waals surface area contributed by atoms with Crippen LogP contribution in [-0.4, -0.2) is 38.3 Å². The molecule has 1 atom stereocenters. The van der Waals surface area contributed by atoms with E-state index in [0.717, 1.165) is 31.2 Å². The van der Waals surface area contributed by atoms with E-state index in [1.165, 1.54) is 11.1 Å². The van der Waals surface area contributed by atoms with Crippen molar-refractivity contribution in [3.8, 4) is 11.4 Å². The van der Waals surface area contributed by atoms with E-state index >= 15 is 0 Å². The highest BCUT2D eigenvalue weighted by atomic mass is 16.2. The van der Waals surface area contributed by atoms with Crippen LogP contribution in [0, 0.1) is 6.92 Å². The summed E-state index contributed by atoms with van der Waals surface area (Å²) in [5, 5.41) is 0. The zero-order valence-corrected chi connectivity index (χ0v) is 18.1. The molecule has 0 bridgehead atoms. The van der Waals surface area contributed by atoms with Crippen LogP contribution in [0.2, 0.25) is 0 Å². The van der Waals surface area contributed by atoms with E-state index in [0.29, 0.717) is 23.6 Å². The number of fused-ring (bicyclic) bond motifs is 1. The number of amides is 1. The quantitative estimate of drug-likeness (QED) is 0.667. The van der Waals surface area contributed by atoms with E-state index < -0.39 is 0 Å². The highest BCUT2D eigenvalue weighted by Crippen LogP contribution is 2.25. The third kappa shape index (κ3) is 4.58. The molecule has 0 aliphatic heterocycles. The van der Waals surface area contributed by atoms with Crippen molar-refractivity contribution in [2.45, 2.75) is 52.0 Å². The predicted molar refractivity (Wildman–Crippen MR) is 121 cm³/mol. The molecule has 3 aromatic rings. The third-order valence-corrected chi connectivity index (χ3v) is 6.03. The average Bonchev–Trinajstić information content (AvgIpc) is 2.80. The second-order valence-corrected chi connectivity index (χ2v) is 8.15. The molecule has 1 aliphatic carbocycles. The maximum atomic E-state index is 13.3. The number of hydrogen-bond acceptors (Lipinski definition) is 4. The van der Waals surface area contributed by atoms with Crippen molar-refractivity contribution in [3.63, 3.8) is 0 Å². The Morgan fingerprint density at radius 1 is 1.19 bits per heavy atom. The predicted octanol–water partition coefficient (Wildman–Crippen LogP) is 3.48. The zero-order chi connectivity index (χ0) is 21.8. The van der Waals surface area contributed by atoms with Crippen LogP contribution in [0.5, 0.6) is 0 Å². The maximum absolute atomic E-state index is 13.3. The van der Waals surface area contributed by atoms with Crippen LogP contribution in [0.1, 0.15) is 42.1 Å². The third-order valence-electron chi connectivity index (χ3n) is 6.03. The second-order valence-electron chi connectivity index (χ2n) is 8.15. The van der Waals surface area contributed by atoms with Gasteiger partial charge in [0.1, 0.15) is 5.82 Å². The minimum atomic E-state index is -0.259. The van der Waals surface area contributed by atoms with Crippen molar-refractivity contribution in [2.24, 2.45) is 0 Å². The maximum Gasteiger partial charge on any atom is 0.255 e. The number of aryl methyl sites for hydroxylation is 2. The molecule has 2 heterocycles. The molecular weight excluding hydrogens is 388 g/mol. The van der Waals surface area contributed by atoms with E-state index in [1.807, 2.05) is 11.0 Å². The summed E-state index contributed by atoms with van der Waals surface area (Å²) in [5.74, 6) is 0.469. The normalized spacial score (nSPS) is 15.4. The highest BCUT2D eigenvalue weighted by molar-refractivity contribution is 5.79. The molecule has 4 rings (SSSR count). The fourth-order valence-corrected chi connectivity index (χ4v) is 4.41. The molecule has 0 radical (unpaired) electrons. The lowest BCUT2D eigenvalue weighted by Crippen LogP contribution is -2.45. The van der Waals surface area contributed by atoms with E-state index in [4.69, 9.17) is 0 Å². The lowest BCUT2D eigenvalue weighted by atomic mass is 9.87. The summed E-state index contributed by atoms with van der Waals surface area (Å²) >= 11 is 0. The van der Waals surface area contributed by atoms with Gasteiger partial charge in [-0.3, -0.25) is 14.6 Å². The first-order valence-electron chi connectivity index (χ1n) is 10.9. The SMILES string of the molecule is CCCN(C(=O)Cc1c(C)nc(-c2cccnc2)[nH]c1=O)C1CCc2ccccc2C1. The minimum Gasteiger partial charge on any atom is -0.339 e. The number of nitrogens with one attached hydrogen (secondary N) is 1. The van der Waals surface area contributed by atoms with Gasteiger partial charge in [-0.15, -0.1) is 0 Å². The molecule has 1 aliphatic rings. The van der Waals surface area contributed by atoms with Crippen molar-refractivity contribution >= 4 is 5.91 Å². The van der Waals surface area contributed by atoms with Crippen LogP contribution in [0.15, 0.2) is 53.6 Å². The van der Waals surface area contributed by atoms with E-state index in [1.54, 1.807) is 25.4 Å². The summed E-state index contributed by atoms with van der Waals surface area (Å²) in [6, 6.07) is 12.3. The van der Waals surface area contributed by atoms with Crippen LogP contribution in [0.4, 0.5) is 0 Å². The van der Waals surface area contributed by atoms with Gasteiger partial charge in [-0.2, -0.15) is 0 Å². The number of H-pyrrole nitrogens is 1. The average molecular weight is 417 g/mol. The van der Waals surface area contributed by atoms with Crippen molar-refractivity contribution in [1.82, 2.24) is 19.9 Å². The molecule has 1 amide bonds. The summed E-state index contributed by atoms with van der Waals surface area (Å²) in [7, 11) is 0. The summed E-state index contributed by atoms with van der Waals surface area (Å²) in [4.78, 5) is 39.5. The highest BCUT2D eigenvalue weighted by Gasteiger charge is 2.28. The molecule has 2 aromatic heterocycles. The molecule has 0 fully saturated rings. The van der Waals surface area contributed by atoms with E-state index in [9.17, 15) is 9.59 Å². The first-order valence-corrected chi connectivity index (χ1v) is 10.9. The van der Waals surface area contributed by atoms with Crippen LogP contribution in [0.3, 0.4) is 0 Å². The molecule has 1 N–H and O–H groups in total. The summed E-state index contributed by atoms with van der Waals surface area (Å²) in [5.41, 5.74) is 4.21. The first-order chi connectivity index (χ1) is 15.1. The molecule has 1 aromatic carbocycles. The van der Waals surface area contributed by atoms with Gasteiger partial charge in [0.2, 0.25) is 5.91 Å². The number of hydrogen-bond donors (Lipinski definition) is 1. The molecule has 1 unspecified atom stereocenters. The number of carbonyl (C=O) groups excluding carboxylic acids is 1. The number of benzene rings is 1. The number of nitrogens with zero attached hydrogens (tertiary/aromatic N) is 3. The standard InChI is InChI=1S/C25H28N4O2/c1-3-13-29(21-11-10-18-7-4-5-8-19(18)14-21)23(30)15-22-17(2)27-24(28-25(22)31)20-9-6-12-26-16-20/h4-9,12,16,21H,3,10-11,13-15H2,1-2H3,(H,27,28,31). The molecule has 160 valence electrons. The van der Waals surface area contributed by atoms with Crippen molar-refractivity contribution < 1.29 is 4.79 Å². The molecular formula is C25H28N4O2. The Bertz CT molecular complexity index is 1120. The van der Waals surface area contributed by atoms with E-state index in [2.05, 4.69) is 46.1 Å². The Morgan fingerprint density at radius 2 is 2.00 bits per heavy atom. The lowest BCUT2D eigenvalue weighted by molar-refractivity contribution is -0.133. The van der Waals surface area contributed by atoms with Gasteiger partial charge in [0.25, 0.3) is 5.56 Å². The molecule has 31 heavy (non-hydrogen) atoms. The van der Waals surface area contributed by atoms with Crippen molar-refractivity contribution in [1.29, 1.82) is 0 Å². The van der Waals surface area contributed by atoms with Gasteiger partial charge in [0, 0.05) is 41.8 Å². The fraction of sp³-hybridized carbons (Fsp3) is 0.360. The van der Waals surface area contributed by atoms with Gasteiger partial charge in [-0.1, -0.05) is 31.2 Å².